The number of aromatic nitrogens is 5. The lowest BCUT2D eigenvalue weighted by Crippen LogP contribution is -2.43. The van der Waals surface area contributed by atoms with E-state index in [0.717, 1.165) is 49.7 Å². The Balaban J connectivity index is 1.36. The van der Waals surface area contributed by atoms with E-state index in [1.54, 1.807) is 39.3 Å². The largest absolute Gasteiger partial charge is 0.491 e. The van der Waals surface area contributed by atoms with Crippen LogP contribution in [0.1, 0.15) is 64.3 Å². The number of piperazine rings is 1. The molecule has 4 amide bonds. The molecule has 6 rings (SSSR count). The number of benzene rings is 1. The van der Waals surface area contributed by atoms with E-state index in [0.29, 0.717) is 77.9 Å². The fraction of sp³-hybridized carbons (Fsp3) is 0.463. The molecule has 2 aliphatic rings. The topological polar surface area (TPSA) is 246 Å². The van der Waals surface area contributed by atoms with Gasteiger partial charge in [-0.05, 0) is 58.4 Å². The van der Waals surface area contributed by atoms with E-state index < -0.39 is 24.3 Å². The number of thiazole rings is 1. The van der Waals surface area contributed by atoms with E-state index in [4.69, 9.17) is 21.2 Å². The van der Waals surface area contributed by atoms with Gasteiger partial charge in [0, 0.05) is 93.7 Å². The number of ether oxygens (including phenoxy) is 1. The molecule has 3 aromatic heterocycles. The molecule has 0 aliphatic carbocycles. The highest BCUT2D eigenvalue weighted by Crippen LogP contribution is 2.31. The minimum atomic E-state index is -0.650. The molecule has 5 heterocycles. The van der Waals surface area contributed by atoms with Gasteiger partial charge in [-0.25, -0.2) is 4.98 Å². The number of aliphatic imine (C=N–C) groups is 1. The van der Waals surface area contributed by atoms with E-state index in [1.807, 2.05) is 37.5 Å². The van der Waals surface area contributed by atoms with Crippen LogP contribution in [0.15, 0.2) is 52.1 Å². The van der Waals surface area contributed by atoms with Crippen LogP contribution in [0.2, 0.25) is 0 Å². The number of nitrogens with zero attached hydrogens (tertiary/aromatic N) is 9. The smallest absolute Gasteiger partial charge is 0.297 e. The molecule has 0 saturated carbocycles. The molecule has 20 heteroatoms. The van der Waals surface area contributed by atoms with Gasteiger partial charge in [0.2, 0.25) is 17.8 Å². The fourth-order valence-electron chi connectivity index (χ4n) is 7.32. The highest BCUT2D eigenvalue weighted by atomic mass is 32.1. The fourth-order valence-corrected chi connectivity index (χ4v) is 8.52. The molecule has 326 valence electrons. The summed E-state index contributed by atoms with van der Waals surface area (Å²) in [4.78, 5) is 71.1. The van der Waals surface area contributed by atoms with Crippen LogP contribution < -0.4 is 31.6 Å². The van der Waals surface area contributed by atoms with E-state index in [2.05, 4.69) is 30.6 Å². The highest BCUT2D eigenvalue weighted by Gasteiger charge is 2.26. The number of carbonyl (C=O) groups is 4. The lowest BCUT2D eigenvalue weighted by molar-refractivity contribution is -0.135. The summed E-state index contributed by atoms with van der Waals surface area (Å²) in [5.74, 6) is -1.41. The predicted molar refractivity (Wildman–Crippen MR) is 232 cm³/mol. The number of anilines is 1. The van der Waals surface area contributed by atoms with Crippen LogP contribution in [0.4, 0.5) is 5.95 Å². The number of nitrogens with two attached hydrogens (primary N) is 2. The van der Waals surface area contributed by atoms with Crippen molar-refractivity contribution < 1.29 is 29.0 Å². The zero-order chi connectivity index (χ0) is 43.6. The second-order valence-corrected chi connectivity index (χ2v) is 15.8. The molecule has 1 saturated heterocycles. The van der Waals surface area contributed by atoms with Crippen molar-refractivity contribution in [1.82, 2.24) is 39.0 Å². The second kappa shape index (κ2) is 20.5. The normalized spacial score (nSPS) is 15.5. The lowest BCUT2D eigenvalue weighted by Gasteiger charge is -2.27. The number of fused-ring (bicyclic) bond motifs is 2. The molecule has 0 spiro atoms. The lowest BCUT2D eigenvalue weighted by atomic mass is 10.1. The third-order valence-electron chi connectivity index (χ3n) is 10.2. The average Bonchev–Trinajstić information content (AvgIpc) is 3.92. The van der Waals surface area contributed by atoms with Crippen molar-refractivity contribution in [3.05, 3.63) is 74.4 Å². The first kappa shape index (κ1) is 44.6. The van der Waals surface area contributed by atoms with Gasteiger partial charge in [0.1, 0.15) is 29.3 Å². The summed E-state index contributed by atoms with van der Waals surface area (Å²) in [5, 5.41) is 20.2. The molecule has 0 bridgehead atoms. The average molecular weight is 858 g/mol. The summed E-state index contributed by atoms with van der Waals surface area (Å²) in [6, 6.07) is 4.88. The number of carbonyl (C=O) groups excluding carboxylic acids is 4. The van der Waals surface area contributed by atoms with Crippen molar-refractivity contribution in [3.63, 3.8) is 0 Å². The maximum absolute atomic E-state index is 13.7. The van der Waals surface area contributed by atoms with E-state index in [9.17, 15) is 24.3 Å². The predicted octanol–water partition coefficient (Wildman–Crippen LogP) is 1.33. The Morgan fingerprint density at radius 1 is 1.07 bits per heavy atom. The number of hydrogen-bond acceptors (Lipinski definition) is 13. The molecule has 0 atom stereocenters. The van der Waals surface area contributed by atoms with Crippen LogP contribution in [0.3, 0.4) is 0 Å². The van der Waals surface area contributed by atoms with Crippen molar-refractivity contribution >= 4 is 57.7 Å². The van der Waals surface area contributed by atoms with Crippen molar-refractivity contribution in [2.45, 2.75) is 66.7 Å². The van der Waals surface area contributed by atoms with E-state index in [-0.39, 0.29) is 36.2 Å². The Morgan fingerprint density at radius 3 is 2.51 bits per heavy atom. The van der Waals surface area contributed by atoms with Gasteiger partial charge in [0.25, 0.3) is 11.8 Å². The summed E-state index contributed by atoms with van der Waals surface area (Å²) < 4.78 is 11.7. The van der Waals surface area contributed by atoms with Gasteiger partial charge in [0.05, 0.1) is 24.4 Å². The molecular weight excluding hydrogens is 803 g/mol. The minimum Gasteiger partial charge on any atom is -0.491 e. The number of aliphatic hydroxyl groups is 1. The molecule has 1 aromatic carbocycles. The Kier molecular flexibility index (Phi) is 15.0. The van der Waals surface area contributed by atoms with Gasteiger partial charge in [-0.15, -0.1) is 0 Å². The van der Waals surface area contributed by atoms with Crippen LogP contribution in [0.25, 0.3) is 11.0 Å². The third-order valence-corrected chi connectivity index (χ3v) is 11.3. The number of aliphatic hydroxyl groups excluding tert-OH is 1. The number of aryl methyl sites for hydroxylation is 2. The molecule has 7 N–H and O–H groups in total. The van der Waals surface area contributed by atoms with Crippen molar-refractivity contribution in [3.8, 4) is 5.75 Å². The third kappa shape index (κ3) is 10.9. The first-order valence-electron chi connectivity index (χ1n) is 20.5. The van der Waals surface area contributed by atoms with Gasteiger partial charge in [-0.1, -0.05) is 23.5 Å². The Morgan fingerprint density at radius 2 is 1.82 bits per heavy atom. The Labute approximate surface area is 357 Å². The standard InChI is InChI=1S/C41H55N13O6S/c1-5-45-30(20-26(3)42)38(58)47-40-46-29-22-28(37(43)57)23-33(60-19-9-13-50-17-11-44-12-18-50)36(29)53(40)15-8-7-14-52-31-10-16-51(35(56)25-55)24-34(31)61-41(52)48-39(59)32-21-27(4)49-54(32)6-2/h7-8,20-23,44,55H,5-6,9-19,24-25,42H2,1-4H3,(H2,43,57)(H,46,47,58)/b8-7+,26-20-,45-30?,48-41?. The first-order chi connectivity index (χ1) is 29.4. The number of rotatable bonds is 17. The quantitative estimate of drug-likeness (QED) is 0.0576. The second-order valence-electron chi connectivity index (χ2n) is 14.7. The number of allylic oxidation sites excluding steroid dienone is 3. The van der Waals surface area contributed by atoms with Crippen molar-refractivity contribution in [1.29, 1.82) is 0 Å². The molecule has 2 aliphatic heterocycles. The van der Waals surface area contributed by atoms with Crippen LogP contribution in [0.5, 0.6) is 5.75 Å². The van der Waals surface area contributed by atoms with Gasteiger partial charge in [-0.3, -0.25) is 34.2 Å². The van der Waals surface area contributed by atoms with Gasteiger partial charge in [-0.2, -0.15) is 10.1 Å². The summed E-state index contributed by atoms with van der Waals surface area (Å²) in [5.41, 5.74) is 15.4. The maximum Gasteiger partial charge on any atom is 0.297 e. The van der Waals surface area contributed by atoms with E-state index >= 15 is 0 Å². The molecule has 19 nitrogen and oxygen atoms in total. The maximum atomic E-state index is 13.7. The van der Waals surface area contributed by atoms with Crippen molar-refractivity contribution in [2.24, 2.45) is 21.5 Å². The van der Waals surface area contributed by atoms with Gasteiger partial charge in [0.15, 0.2) is 4.80 Å². The Hall–Kier alpha value is -5.96. The summed E-state index contributed by atoms with van der Waals surface area (Å²) >= 11 is 1.33. The summed E-state index contributed by atoms with van der Waals surface area (Å²) in [7, 11) is 0. The van der Waals surface area contributed by atoms with Crippen LogP contribution in [0, 0.1) is 6.92 Å². The van der Waals surface area contributed by atoms with Crippen molar-refractivity contribution in [2.75, 3.05) is 64.3 Å². The van der Waals surface area contributed by atoms with Crippen LogP contribution in [-0.4, -0.2) is 127 Å². The first-order valence-corrected chi connectivity index (χ1v) is 21.3. The number of imidazole rings is 1. The SMILES string of the molecule is CCN=C(/C=C(/C)N)C(=O)Nc1nc2cc(C(N)=O)cc(OCCCN3CCNCC3)c2n1C/C=C/Cn1c2c(sc1=NC(=O)c1cc(C)nn1CC)CN(C(=O)CO)CC2. The molecule has 1 fully saturated rings. The zero-order valence-corrected chi connectivity index (χ0v) is 36.0. The number of primary amides is 1. The molecular formula is C41H55N13O6S. The molecule has 61 heavy (non-hydrogen) atoms. The number of nitrogens with one attached hydrogen (secondary N) is 2. The zero-order valence-electron chi connectivity index (χ0n) is 35.1. The molecule has 0 radical (unpaired) electrons. The molecule has 4 aromatic rings. The van der Waals surface area contributed by atoms with Crippen LogP contribution in [-0.2, 0) is 42.2 Å². The monoisotopic (exact) mass is 857 g/mol. The van der Waals surface area contributed by atoms with Crippen LogP contribution >= 0.6 is 11.3 Å². The van der Waals surface area contributed by atoms with Gasteiger partial charge < -0.3 is 45.6 Å². The van der Waals surface area contributed by atoms with E-state index in [1.165, 1.54) is 17.4 Å². The minimum absolute atomic E-state index is 0.125. The highest BCUT2D eigenvalue weighted by molar-refractivity contribution is 7.09. The Bertz CT molecular complexity index is 2430. The number of hydrogen-bond donors (Lipinski definition) is 5. The number of amides is 4. The summed E-state index contributed by atoms with van der Waals surface area (Å²) in [6.07, 6.45) is 6.56. The summed E-state index contributed by atoms with van der Waals surface area (Å²) in [6.45, 7) is 13.7. The van der Waals surface area contributed by atoms with Gasteiger partial charge >= 0.3 is 0 Å². The molecule has 0 unspecified atom stereocenters.